The summed E-state index contributed by atoms with van der Waals surface area (Å²) in [6, 6.07) is -0.215. The summed E-state index contributed by atoms with van der Waals surface area (Å²) in [6.07, 6.45) is 6.12. The fourth-order valence-electron chi connectivity index (χ4n) is 1.75. The van der Waals surface area contributed by atoms with E-state index in [1.54, 1.807) is 6.08 Å². The zero-order chi connectivity index (χ0) is 11.4. The molecule has 1 fully saturated rings. The van der Waals surface area contributed by atoms with Crippen molar-refractivity contribution >= 4 is 11.8 Å². The van der Waals surface area contributed by atoms with Crippen LogP contribution in [0, 0.1) is 0 Å². The van der Waals surface area contributed by atoms with Gasteiger partial charge in [0.2, 0.25) is 5.89 Å². The van der Waals surface area contributed by atoms with Crippen LogP contribution in [0.2, 0.25) is 0 Å². The van der Waals surface area contributed by atoms with Gasteiger partial charge in [0.05, 0.1) is 11.3 Å². The van der Waals surface area contributed by atoms with Crippen LogP contribution in [0.15, 0.2) is 17.2 Å². The minimum Gasteiger partial charge on any atom is -0.338 e. The van der Waals surface area contributed by atoms with Crippen molar-refractivity contribution in [2.24, 2.45) is 5.73 Å². The Labute approximate surface area is 99.7 Å². The lowest BCUT2D eigenvalue weighted by atomic mass is 10.2. The van der Waals surface area contributed by atoms with E-state index in [0.29, 0.717) is 17.6 Å². The molecule has 0 saturated carbocycles. The number of nitrogens with two attached hydrogens (primary N) is 1. The summed E-state index contributed by atoms with van der Waals surface area (Å²) in [5.41, 5.74) is 5.87. The van der Waals surface area contributed by atoms with Crippen molar-refractivity contribution in [2.45, 2.75) is 37.0 Å². The Bertz CT molecular complexity index is 347. The lowest BCUT2D eigenvalue weighted by Gasteiger charge is -2.17. The highest BCUT2D eigenvalue weighted by molar-refractivity contribution is 7.99. The van der Waals surface area contributed by atoms with Crippen LogP contribution in [0.1, 0.15) is 48.7 Å². The first-order valence-electron chi connectivity index (χ1n) is 5.63. The zero-order valence-electron chi connectivity index (χ0n) is 9.26. The molecular formula is C11H17N3OS. The summed E-state index contributed by atoms with van der Waals surface area (Å²) in [5.74, 6) is 2.52. The monoisotopic (exact) mass is 239 g/mol. The SMILES string of the molecule is C=CCC(N)c1nc(C2CCCCS2)no1. The zero-order valence-corrected chi connectivity index (χ0v) is 10.1. The second-order valence-corrected chi connectivity index (χ2v) is 5.29. The van der Waals surface area contributed by atoms with Crippen LogP contribution in [0.5, 0.6) is 0 Å². The molecule has 1 aliphatic heterocycles. The number of hydrogen-bond acceptors (Lipinski definition) is 5. The van der Waals surface area contributed by atoms with Gasteiger partial charge in [-0.25, -0.2) is 0 Å². The van der Waals surface area contributed by atoms with Gasteiger partial charge in [0.25, 0.3) is 0 Å². The van der Waals surface area contributed by atoms with Crippen molar-refractivity contribution in [3.63, 3.8) is 0 Å². The summed E-state index contributed by atoms with van der Waals surface area (Å²) in [5, 5.41) is 4.41. The second kappa shape index (κ2) is 5.50. The fourth-order valence-corrected chi connectivity index (χ4v) is 2.99. The van der Waals surface area contributed by atoms with Gasteiger partial charge < -0.3 is 10.3 Å². The number of aromatic nitrogens is 2. The highest BCUT2D eigenvalue weighted by Crippen LogP contribution is 2.36. The van der Waals surface area contributed by atoms with Crippen LogP contribution in [0.4, 0.5) is 0 Å². The fraction of sp³-hybridized carbons (Fsp3) is 0.636. The molecule has 1 aliphatic rings. The summed E-state index contributed by atoms with van der Waals surface area (Å²) in [6.45, 7) is 3.65. The quantitative estimate of drug-likeness (QED) is 0.818. The number of hydrogen-bond donors (Lipinski definition) is 1. The molecule has 1 aromatic rings. The Hall–Kier alpha value is -0.810. The highest BCUT2D eigenvalue weighted by atomic mass is 32.2. The number of thioether (sulfide) groups is 1. The van der Waals surface area contributed by atoms with E-state index in [2.05, 4.69) is 16.7 Å². The molecule has 16 heavy (non-hydrogen) atoms. The molecule has 0 aromatic carbocycles. The molecule has 0 amide bonds. The third-order valence-electron chi connectivity index (χ3n) is 2.66. The van der Waals surface area contributed by atoms with E-state index in [1.807, 2.05) is 11.8 Å². The molecule has 4 nitrogen and oxygen atoms in total. The van der Waals surface area contributed by atoms with E-state index in [9.17, 15) is 0 Å². The maximum Gasteiger partial charge on any atom is 0.243 e. The molecule has 5 heteroatoms. The highest BCUT2D eigenvalue weighted by Gasteiger charge is 2.22. The van der Waals surface area contributed by atoms with Crippen LogP contribution in [0.25, 0.3) is 0 Å². The van der Waals surface area contributed by atoms with Crippen molar-refractivity contribution < 1.29 is 4.52 Å². The van der Waals surface area contributed by atoms with Crippen molar-refractivity contribution in [2.75, 3.05) is 5.75 Å². The molecule has 0 bridgehead atoms. The van der Waals surface area contributed by atoms with Gasteiger partial charge in [-0.05, 0) is 25.0 Å². The average molecular weight is 239 g/mol. The van der Waals surface area contributed by atoms with E-state index < -0.39 is 0 Å². The Morgan fingerprint density at radius 2 is 2.50 bits per heavy atom. The summed E-state index contributed by atoms with van der Waals surface area (Å²) in [7, 11) is 0. The molecule has 88 valence electrons. The van der Waals surface area contributed by atoms with E-state index >= 15 is 0 Å². The minimum absolute atomic E-state index is 0.215. The Kier molecular flexibility index (Phi) is 4.01. The smallest absolute Gasteiger partial charge is 0.243 e. The minimum atomic E-state index is -0.215. The Morgan fingerprint density at radius 3 is 3.19 bits per heavy atom. The topological polar surface area (TPSA) is 64.9 Å². The molecule has 2 atom stereocenters. The van der Waals surface area contributed by atoms with Gasteiger partial charge in [-0.15, -0.1) is 6.58 Å². The molecule has 0 radical (unpaired) electrons. The van der Waals surface area contributed by atoms with Crippen LogP contribution < -0.4 is 5.73 Å². The Morgan fingerprint density at radius 1 is 1.62 bits per heavy atom. The average Bonchev–Trinajstić information content (AvgIpc) is 2.80. The standard InChI is InChI=1S/C11H17N3OS/c1-2-5-8(12)11-13-10(14-15-11)9-6-3-4-7-16-9/h2,8-9H,1,3-7,12H2. The van der Waals surface area contributed by atoms with Gasteiger partial charge in [-0.1, -0.05) is 17.7 Å². The maximum atomic E-state index is 5.87. The van der Waals surface area contributed by atoms with E-state index in [-0.39, 0.29) is 6.04 Å². The molecule has 0 aliphatic carbocycles. The van der Waals surface area contributed by atoms with Gasteiger partial charge >= 0.3 is 0 Å². The van der Waals surface area contributed by atoms with E-state index in [0.717, 1.165) is 12.2 Å². The third kappa shape index (κ3) is 2.65. The second-order valence-electron chi connectivity index (χ2n) is 3.98. The predicted molar refractivity (Wildman–Crippen MR) is 65.1 cm³/mol. The third-order valence-corrected chi connectivity index (χ3v) is 4.04. The molecule has 1 aromatic heterocycles. The molecular weight excluding hydrogens is 222 g/mol. The normalized spacial score (nSPS) is 22.9. The van der Waals surface area contributed by atoms with Crippen LogP contribution in [-0.4, -0.2) is 15.9 Å². The van der Waals surface area contributed by atoms with Gasteiger partial charge in [-0.3, -0.25) is 0 Å². The largest absolute Gasteiger partial charge is 0.338 e. The van der Waals surface area contributed by atoms with Crippen LogP contribution in [0.3, 0.4) is 0 Å². The van der Waals surface area contributed by atoms with E-state index in [4.69, 9.17) is 10.3 Å². The number of rotatable bonds is 4. The van der Waals surface area contributed by atoms with Gasteiger partial charge in [-0.2, -0.15) is 16.7 Å². The van der Waals surface area contributed by atoms with Crippen LogP contribution in [-0.2, 0) is 0 Å². The first kappa shape index (κ1) is 11.7. The number of nitrogens with zero attached hydrogens (tertiary/aromatic N) is 2. The maximum absolute atomic E-state index is 5.87. The first-order chi connectivity index (χ1) is 7.81. The van der Waals surface area contributed by atoms with Crippen molar-refractivity contribution in [1.29, 1.82) is 0 Å². The molecule has 2 heterocycles. The molecule has 2 rings (SSSR count). The first-order valence-corrected chi connectivity index (χ1v) is 6.67. The van der Waals surface area contributed by atoms with Gasteiger partial charge in [0, 0.05) is 0 Å². The predicted octanol–water partition coefficient (Wildman–Crippen LogP) is 2.60. The van der Waals surface area contributed by atoms with Gasteiger partial charge in [0.15, 0.2) is 5.82 Å². The van der Waals surface area contributed by atoms with Crippen LogP contribution >= 0.6 is 11.8 Å². The van der Waals surface area contributed by atoms with Crippen molar-refractivity contribution in [3.05, 3.63) is 24.4 Å². The Balaban J connectivity index is 2.03. The molecule has 2 N–H and O–H groups in total. The lowest BCUT2D eigenvalue weighted by Crippen LogP contribution is -2.10. The molecule has 2 unspecified atom stereocenters. The van der Waals surface area contributed by atoms with Crippen molar-refractivity contribution in [3.8, 4) is 0 Å². The summed E-state index contributed by atoms with van der Waals surface area (Å²) in [4.78, 5) is 4.38. The van der Waals surface area contributed by atoms with E-state index in [1.165, 1.54) is 18.6 Å². The molecule has 0 spiro atoms. The summed E-state index contributed by atoms with van der Waals surface area (Å²) < 4.78 is 5.18. The molecule has 1 saturated heterocycles. The van der Waals surface area contributed by atoms with Crippen molar-refractivity contribution in [1.82, 2.24) is 10.1 Å². The summed E-state index contributed by atoms with van der Waals surface area (Å²) >= 11 is 1.91. The lowest BCUT2D eigenvalue weighted by molar-refractivity contribution is 0.350. The van der Waals surface area contributed by atoms with Gasteiger partial charge in [0.1, 0.15) is 0 Å².